The van der Waals surface area contributed by atoms with E-state index in [-0.39, 0.29) is 32.0 Å². The normalized spacial score (nSPS) is 10.8. The molecule has 0 aromatic carbocycles. The molecule has 48 heavy (non-hydrogen) atoms. The molecule has 0 N–H and O–H groups in total. The van der Waals surface area contributed by atoms with Crippen LogP contribution in [0, 0.1) is 7.43 Å². The van der Waals surface area contributed by atoms with Gasteiger partial charge in [-0.05, 0) is 45.3 Å². The predicted molar refractivity (Wildman–Crippen MR) is 214 cm³/mol. The third kappa shape index (κ3) is 44.0. The summed E-state index contributed by atoms with van der Waals surface area (Å²) in [6.07, 6.45) is 37.2. The van der Waals surface area contributed by atoms with E-state index in [2.05, 4.69) is 37.5 Å². The van der Waals surface area contributed by atoms with Crippen molar-refractivity contribution in [2.45, 2.75) is 221 Å². The van der Waals surface area contributed by atoms with Gasteiger partial charge in [0.1, 0.15) is 0 Å². The Balaban J connectivity index is -0.00000237. The van der Waals surface area contributed by atoms with Crippen LogP contribution in [-0.2, 0) is 28.1 Å². The van der Waals surface area contributed by atoms with Gasteiger partial charge in [-0.1, -0.05) is 196 Å². The van der Waals surface area contributed by atoms with Gasteiger partial charge in [0.15, 0.2) is 0 Å². The van der Waals surface area contributed by atoms with E-state index < -0.39 is 0 Å². The van der Waals surface area contributed by atoms with Gasteiger partial charge in [-0.15, -0.1) is 0 Å². The third-order valence-electron chi connectivity index (χ3n) is 9.33. The molecule has 0 spiro atoms. The van der Waals surface area contributed by atoms with Crippen LogP contribution >= 0.6 is 0 Å². The summed E-state index contributed by atoms with van der Waals surface area (Å²) >= 11 is 0. The Hall–Kier alpha value is -0.0256. The van der Waals surface area contributed by atoms with Crippen LogP contribution in [0.1, 0.15) is 221 Å². The Morgan fingerprint density at radius 2 is 0.667 bits per heavy atom. The molecule has 0 bridgehead atoms. The van der Waals surface area contributed by atoms with Crippen LogP contribution in [0.15, 0.2) is 0 Å². The fourth-order valence-corrected chi connectivity index (χ4v) is 6.24. The molecule has 0 fully saturated rings. The van der Waals surface area contributed by atoms with Gasteiger partial charge in [0.2, 0.25) is 0 Å². The first-order valence-electron chi connectivity index (χ1n) is 21.3. The molecule has 4 nitrogen and oxygen atoms in total. The van der Waals surface area contributed by atoms with Crippen LogP contribution in [0.5, 0.6) is 0 Å². The van der Waals surface area contributed by atoms with Crippen LogP contribution in [0.3, 0.4) is 0 Å². The van der Waals surface area contributed by atoms with Crippen molar-refractivity contribution in [3.63, 3.8) is 0 Å². The molecule has 0 aromatic rings. The predicted octanol–water partition coefficient (Wildman–Crippen LogP) is 13.6. The van der Waals surface area contributed by atoms with Crippen LogP contribution in [0.2, 0.25) is 0 Å². The number of rotatable bonds is 37. The molecule has 291 valence electrons. The zero-order chi connectivity index (χ0) is 34.2. The number of carbonyl (C=O) groups excluding carboxylic acids is 1. The van der Waals surface area contributed by atoms with E-state index in [4.69, 9.17) is 4.74 Å². The number of esters is 1. The monoisotopic (exact) mass is 719 g/mol. The fraction of sp³-hybridized carbons (Fsp3) is 0.953. The number of hydrogen-bond donors (Lipinski definition) is 0. The number of nitrogens with zero attached hydrogens (tertiary/aromatic N) is 2. The molecule has 0 unspecified atom stereocenters. The molecule has 0 atom stereocenters. The molecule has 0 aromatic heterocycles. The van der Waals surface area contributed by atoms with E-state index in [1.54, 1.807) is 0 Å². The summed E-state index contributed by atoms with van der Waals surface area (Å²) < 4.78 is 5.72. The topological polar surface area (TPSA) is 32.8 Å². The minimum Gasteiger partial charge on any atom is -0.465 e. The van der Waals surface area contributed by atoms with E-state index >= 15 is 0 Å². The molecular formula is C43H91N2O2V-. The van der Waals surface area contributed by atoms with Crippen molar-refractivity contribution < 1.29 is 28.1 Å². The fourth-order valence-electron chi connectivity index (χ4n) is 6.24. The third-order valence-corrected chi connectivity index (χ3v) is 9.33. The zero-order valence-corrected chi connectivity index (χ0v) is 35.8. The SMILES string of the molecule is CC.CCCCCCCCCOC(=O)CN(CCCCCCCCC)CCN(CCCCCCCCC)CCCCCCCCC.[CH3-].[V]. The van der Waals surface area contributed by atoms with Gasteiger partial charge < -0.3 is 17.1 Å². The maximum absolute atomic E-state index is 12.8. The summed E-state index contributed by atoms with van der Waals surface area (Å²) in [5.74, 6) is -0.00960. The molecule has 0 rings (SSSR count). The average Bonchev–Trinajstić information content (AvgIpc) is 3.07. The molecule has 0 aliphatic carbocycles. The van der Waals surface area contributed by atoms with Gasteiger partial charge in [0, 0.05) is 31.6 Å². The Labute approximate surface area is 317 Å². The summed E-state index contributed by atoms with van der Waals surface area (Å²) in [6, 6.07) is 0. The molecule has 0 amide bonds. The van der Waals surface area contributed by atoms with Gasteiger partial charge in [-0.25, -0.2) is 0 Å². The first-order chi connectivity index (χ1) is 22.7. The molecule has 0 aliphatic heterocycles. The number of unbranched alkanes of at least 4 members (excludes halogenated alkanes) is 24. The Bertz CT molecular complexity index is 545. The van der Waals surface area contributed by atoms with E-state index in [1.165, 1.54) is 186 Å². The summed E-state index contributed by atoms with van der Waals surface area (Å²) in [6.45, 7) is 19.8. The first-order valence-corrected chi connectivity index (χ1v) is 21.3. The van der Waals surface area contributed by atoms with Gasteiger partial charge in [-0.2, -0.15) is 0 Å². The number of hydrogen-bond acceptors (Lipinski definition) is 4. The quantitative estimate of drug-likeness (QED) is 0.0364. The average molecular weight is 719 g/mol. The van der Waals surface area contributed by atoms with Crippen molar-refractivity contribution in [2.75, 3.05) is 45.9 Å². The second-order valence-corrected chi connectivity index (χ2v) is 13.8. The maximum atomic E-state index is 12.8. The van der Waals surface area contributed by atoms with Gasteiger partial charge in [-0.3, -0.25) is 9.69 Å². The van der Waals surface area contributed by atoms with E-state index in [0.717, 1.165) is 26.1 Å². The van der Waals surface area contributed by atoms with Crippen molar-refractivity contribution in [3.8, 4) is 0 Å². The van der Waals surface area contributed by atoms with Crippen LogP contribution in [0.4, 0.5) is 0 Å². The number of carbonyl (C=O) groups is 1. The molecule has 1 radical (unpaired) electrons. The molecular weight excluding hydrogens is 627 g/mol. The van der Waals surface area contributed by atoms with Crippen molar-refractivity contribution in [3.05, 3.63) is 7.43 Å². The molecule has 0 saturated heterocycles. The molecule has 0 saturated carbocycles. The number of ether oxygens (including phenoxy) is 1. The minimum absolute atomic E-state index is 0. The largest absolute Gasteiger partial charge is 0.465 e. The van der Waals surface area contributed by atoms with E-state index in [1.807, 2.05) is 13.8 Å². The summed E-state index contributed by atoms with van der Waals surface area (Å²) in [5.41, 5.74) is 0. The van der Waals surface area contributed by atoms with E-state index in [9.17, 15) is 4.79 Å². The second-order valence-electron chi connectivity index (χ2n) is 13.8. The van der Waals surface area contributed by atoms with Crippen molar-refractivity contribution in [1.29, 1.82) is 0 Å². The van der Waals surface area contributed by atoms with Crippen LogP contribution in [-0.4, -0.2) is 61.6 Å². The van der Waals surface area contributed by atoms with Crippen LogP contribution in [0.25, 0.3) is 0 Å². The molecule has 5 heteroatoms. The Morgan fingerprint density at radius 3 is 1.02 bits per heavy atom. The van der Waals surface area contributed by atoms with Crippen LogP contribution < -0.4 is 0 Å². The van der Waals surface area contributed by atoms with E-state index in [0.29, 0.717) is 13.2 Å². The summed E-state index contributed by atoms with van der Waals surface area (Å²) in [4.78, 5) is 18.0. The van der Waals surface area contributed by atoms with Gasteiger partial charge in [0.05, 0.1) is 13.2 Å². The second kappa shape index (κ2) is 49.1. The zero-order valence-electron chi connectivity index (χ0n) is 34.4. The van der Waals surface area contributed by atoms with Gasteiger partial charge in [0.25, 0.3) is 0 Å². The smallest absolute Gasteiger partial charge is 0.320 e. The maximum Gasteiger partial charge on any atom is 0.320 e. The standard InChI is InChI=1S/C40H82N2O2.C2H6.CH3.V/c1-5-9-13-17-21-25-29-33-41(34-30-26-22-18-14-10-6-2)36-37-42(35-31-27-23-19-15-11-7-3)39-40(43)44-38-32-28-24-20-16-12-8-4;1-2;;/h5-39H2,1-4H3;1-2H3;1H3;/q;;-1;. The summed E-state index contributed by atoms with van der Waals surface area (Å²) in [5, 5.41) is 0. The Kier molecular flexibility index (Phi) is 56.0. The minimum atomic E-state index is -0.00960. The van der Waals surface area contributed by atoms with Crippen molar-refractivity contribution in [2.24, 2.45) is 0 Å². The summed E-state index contributed by atoms with van der Waals surface area (Å²) in [7, 11) is 0. The van der Waals surface area contributed by atoms with Crippen molar-refractivity contribution >= 4 is 5.97 Å². The molecule has 0 heterocycles. The Morgan fingerprint density at radius 1 is 0.396 bits per heavy atom. The first kappa shape index (κ1) is 54.7. The molecule has 0 aliphatic rings. The van der Waals surface area contributed by atoms with Crippen molar-refractivity contribution in [1.82, 2.24) is 9.80 Å². The van der Waals surface area contributed by atoms with Gasteiger partial charge >= 0.3 is 5.97 Å².